The molecule has 0 radical (unpaired) electrons. The van der Waals surface area contributed by atoms with Crippen LogP contribution < -0.4 is 9.80 Å². The lowest BCUT2D eigenvalue weighted by Crippen LogP contribution is -2.12. The monoisotopic (exact) mass is 1200 g/mol. The van der Waals surface area contributed by atoms with Crippen LogP contribution in [-0.4, -0.2) is 0 Å². The maximum atomic E-state index is 4.11. The van der Waals surface area contributed by atoms with Gasteiger partial charge in [-0.15, -0.1) is 0 Å². The van der Waals surface area contributed by atoms with Crippen LogP contribution in [0.5, 0.6) is 0 Å². The van der Waals surface area contributed by atoms with Crippen LogP contribution in [0.2, 0.25) is 0 Å². The third-order valence-corrected chi connectivity index (χ3v) is 19.2. The van der Waals surface area contributed by atoms with Gasteiger partial charge in [0.15, 0.2) is 0 Å². The molecule has 0 aliphatic rings. The molecular weight excluding hydrogens is 1110 g/mol. The van der Waals surface area contributed by atoms with Crippen LogP contribution in [0.15, 0.2) is 255 Å². The van der Waals surface area contributed by atoms with Crippen LogP contribution in [0.25, 0.3) is 83.3 Å². The number of anilines is 6. The van der Waals surface area contributed by atoms with E-state index in [-0.39, 0.29) is 0 Å². The second-order valence-electron chi connectivity index (χ2n) is 25.6. The number of rotatable bonds is 26. The van der Waals surface area contributed by atoms with E-state index in [0.29, 0.717) is 0 Å². The first kappa shape index (κ1) is 62.7. The van der Waals surface area contributed by atoms with Gasteiger partial charge in [-0.1, -0.05) is 267 Å². The molecule has 2 heteroatoms. The molecule has 0 unspecified atom stereocenters. The van der Waals surface area contributed by atoms with E-state index in [1.54, 1.807) is 0 Å². The van der Waals surface area contributed by atoms with Crippen molar-refractivity contribution >= 4 is 61.7 Å². The van der Waals surface area contributed by atoms with Gasteiger partial charge in [0.1, 0.15) is 0 Å². The third-order valence-electron chi connectivity index (χ3n) is 19.2. The van der Waals surface area contributed by atoms with Gasteiger partial charge in [0.25, 0.3) is 0 Å². The van der Waals surface area contributed by atoms with Crippen molar-refractivity contribution in [3.63, 3.8) is 0 Å². The lowest BCUT2D eigenvalue weighted by Gasteiger charge is -2.30. The van der Waals surface area contributed by atoms with Crippen molar-refractivity contribution in [2.45, 2.75) is 131 Å². The summed E-state index contributed by atoms with van der Waals surface area (Å²) in [6.07, 6.45) is 19.2. The molecule has 2 nitrogen and oxygen atoms in total. The van der Waals surface area contributed by atoms with E-state index in [1.807, 2.05) is 6.08 Å². The Bertz CT molecular complexity index is 4460. The molecule has 0 saturated carbocycles. The SMILES string of the molecule is C=Cc1cc(-c2ccc(N(c3ccc(-c4ccc(N(c5ccc(-c6ccccc6)c(CCCCCCCC)c5)c5cc(C)c(-c6c(C)cc(C)c7ccccc67)c6ccccc56)cc4)cc3)c3ccc(-c4ccccc4)c(CCCCCCCC)c3)cc2)ccc1C. The Morgan fingerprint density at radius 2 is 0.685 bits per heavy atom. The topological polar surface area (TPSA) is 6.48 Å². The Labute approximate surface area is 549 Å². The fourth-order valence-electron chi connectivity index (χ4n) is 14.2. The lowest BCUT2D eigenvalue weighted by molar-refractivity contribution is 0.608. The minimum atomic E-state index is 1.03. The van der Waals surface area contributed by atoms with Crippen molar-refractivity contribution in [2.24, 2.45) is 0 Å². The molecule has 0 aromatic heterocycles. The number of hydrogen-bond donors (Lipinski definition) is 0. The first-order valence-corrected chi connectivity index (χ1v) is 34.2. The van der Waals surface area contributed by atoms with Crippen molar-refractivity contribution in [1.29, 1.82) is 0 Å². The standard InChI is InChI=1S/C90H90N2/c1-8-11-13-15-17-21-35-75-62-80(55-57-83(75)72-31-23-19-24-32-72)91(78-51-47-71(48-52-78)74-42-41-64(4)68(10-3)61-74)77-49-43-69(44-50-77)70-45-53-79(54-46-70)92(81-56-58-84(73-33-25-20-26-34-73)76(63-81)36-22-18-16-14-12-9-2)88-60-67(7)90(87-40-30-28-38-85(87)88)89-66(6)59-65(5)82-37-27-29-39-86(82)89/h10,19-20,23-34,37-63H,3,8-9,11-18,21-22,35-36H2,1-2,4-7H3. The third kappa shape index (κ3) is 13.9. The zero-order valence-corrected chi connectivity index (χ0v) is 55.2. The summed E-state index contributed by atoms with van der Waals surface area (Å²) in [4.78, 5) is 4.98. The Kier molecular flexibility index (Phi) is 20.2. The van der Waals surface area contributed by atoms with Gasteiger partial charge in [0.05, 0.1) is 5.69 Å². The van der Waals surface area contributed by atoms with Crippen LogP contribution in [0.3, 0.4) is 0 Å². The summed E-state index contributed by atoms with van der Waals surface area (Å²) in [5.41, 5.74) is 28.4. The molecule has 92 heavy (non-hydrogen) atoms. The molecule has 0 atom stereocenters. The average Bonchev–Trinajstić information content (AvgIpc) is 1.99. The van der Waals surface area contributed by atoms with Crippen LogP contribution >= 0.6 is 0 Å². The molecule has 0 amide bonds. The molecule has 0 heterocycles. The second-order valence-corrected chi connectivity index (χ2v) is 25.6. The average molecular weight is 1200 g/mol. The van der Waals surface area contributed by atoms with Crippen molar-refractivity contribution in [3.8, 4) is 55.6 Å². The minimum Gasteiger partial charge on any atom is -0.310 e. The van der Waals surface area contributed by atoms with E-state index in [9.17, 15) is 0 Å². The molecule has 12 aromatic rings. The summed E-state index contributed by atoms with van der Waals surface area (Å²) in [6, 6.07) is 93.7. The van der Waals surface area contributed by atoms with Gasteiger partial charge in [-0.25, -0.2) is 0 Å². The van der Waals surface area contributed by atoms with Crippen LogP contribution in [0, 0.1) is 27.7 Å². The summed E-state index contributed by atoms with van der Waals surface area (Å²) < 4.78 is 0. The molecule has 460 valence electrons. The summed E-state index contributed by atoms with van der Waals surface area (Å²) in [7, 11) is 0. The smallest absolute Gasteiger partial charge is 0.0543 e. The first-order chi connectivity index (χ1) is 45.2. The maximum absolute atomic E-state index is 4.11. The van der Waals surface area contributed by atoms with Crippen molar-refractivity contribution < 1.29 is 0 Å². The summed E-state index contributed by atoms with van der Waals surface area (Å²) in [6.45, 7) is 17.7. The number of unbranched alkanes of at least 4 members (excludes halogenated alkanes) is 10. The Hall–Kier alpha value is -9.50. The predicted octanol–water partition coefficient (Wildman–Crippen LogP) is 27.0. The molecule has 0 fully saturated rings. The number of benzene rings is 12. The van der Waals surface area contributed by atoms with Gasteiger partial charge < -0.3 is 9.80 Å². The molecule has 12 rings (SSSR count). The van der Waals surface area contributed by atoms with E-state index in [0.717, 1.165) is 53.3 Å². The van der Waals surface area contributed by atoms with Crippen LogP contribution in [-0.2, 0) is 12.8 Å². The number of fused-ring (bicyclic) bond motifs is 2. The van der Waals surface area contributed by atoms with Crippen molar-refractivity contribution in [1.82, 2.24) is 0 Å². The highest BCUT2D eigenvalue weighted by atomic mass is 15.1. The maximum Gasteiger partial charge on any atom is 0.0543 e. The van der Waals surface area contributed by atoms with Gasteiger partial charge >= 0.3 is 0 Å². The molecule has 0 aliphatic carbocycles. The number of aryl methyl sites for hydroxylation is 6. The molecule has 0 spiro atoms. The molecule has 12 aromatic carbocycles. The molecule has 0 aliphatic heterocycles. The highest BCUT2D eigenvalue weighted by molar-refractivity contribution is 6.13. The van der Waals surface area contributed by atoms with E-state index >= 15 is 0 Å². The van der Waals surface area contributed by atoms with Gasteiger partial charge in [-0.2, -0.15) is 0 Å². The van der Waals surface area contributed by atoms with Crippen LogP contribution in [0.4, 0.5) is 34.1 Å². The van der Waals surface area contributed by atoms with E-state index in [2.05, 4.69) is 307 Å². The Morgan fingerprint density at radius 3 is 1.18 bits per heavy atom. The summed E-state index contributed by atoms with van der Waals surface area (Å²) in [5.74, 6) is 0. The lowest BCUT2D eigenvalue weighted by atomic mass is 9.86. The molecule has 0 saturated heterocycles. The highest BCUT2D eigenvalue weighted by Gasteiger charge is 2.24. The highest BCUT2D eigenvalue weighted by Crippen LogP contribution is 2.48. The van der Waals surface area contributed by atoms with E-state index < -0.39 is 0 Å². The molecule has 0 bridgehead atoms. The second kappa shape index (κ2) is 29.6. The summed E-state index contributed by atoms with van der Waals surface area (Å²) in [5, 5.41) is 5.09. The van der Waals surface area contributed by atoms with Gasteiger partial charge in [0.2, 0.25) is 0 Å². The van der Waals surface area contributed by atoms with Gasteiger partial charge in [-0.05, 0) is 237 Å². The molecule has 0 N–H and O–H groups in total. The summed E-state index contributed by atoms with van der Waals surface area (Å²) >= 11 is 0. The zero-order chi connectivity index (χ0) is 63.3. The normalized spacial score (nSPS) is 11.4. The molecular formula is C90H90N2. The van der Waals surface area contributed by atoms with E-state index in [1.165, 1.54) is 187 Å². The zero-order valence-electron chi connectivity index (χ0n) is 55.2. The van der Waals surface area contributed by atoms with Crippen molar-refractivity contribution in [2.75, 3.05) is 9.80 Å². The van der Waals surface area contributed by atoms with E-state index in [4.69, 9.17) is 0 Å². The number of nitrogens with zero attached hydrogens (tertiary/aromatic N) is 2. The minimum absolute atomic E-state index is 1.03. The van der Waals surface area contributed by atoms with Crippen molar-refractivity contribution in [3.05, 3.63) is 294 Å². The Morgan fingerprint density at radius 1 is 0.293 bits per heavy atom. The van der Waals surface area contributed by atoms with Gasteiger partial charge in [-0.3, -0.25) is 0 Å². The van der Waals surface area contributed by atoms with Crippen LogP contribution in [0.1, 0.15) is 130 Å². The largest absolute Gasteiger partial charge is 0.310 e. The fourth-order valence-corrected chi connectivity index (χ4v) is 14.2. The quantitative estimate of drug-likeness (QED) is 0.0499. The Balaban J connectivity index is 0.945. The predicted molar refractivity (Wildman–Crippen MR) is 401 cm³/mol. The van der Waals surface area contributed by atoms with Gasteiger partial charge in [0, 0.05) is 33.8 Å². The fraction of sp³-hybridized carbons (Fsp3) is 0.222. The number of hydrogen-bond acceptors (Lipinski definition) is 2. The first-order valence-electron chi connectivity index (χ1n) is 34.2.